The number of nitrogens with one attached hydrogen (secondary N) is 3. The van der Waals surface area contributed by atoms with Crippen molar-refractivity contribution < 1.29 is 14.4 Å². The van der Waals surface area contributed by atoms with E-state index >= 15 is 0 Å². The van der Waals surface area contributed by atoms with E-state index in [0.717, 1.165) is 0 Å². The third kappa shape index (κ3) is 6.02. The zero-order valence-corrected chi connectivity index (χ0v) is 15.2. The third-order valence-electron chi connectivity index (χ3n) is 3.38. The van der Waals surface area contributed by atoms with Crippen LogP contribution < -0.4 is 16.0 Å². The molecule has 1 aromatic carbocycles. The monoisotopic (exact) mass is 333 g/mol. The van der Waals surface area contributed by atoms with Crippen molar-refractivity contribution >= 4 is 29.1 Å². The van der Waals surface area contributed by atoms with Gasteiger partial charge in [0.1, 0.15) is 6.04 Å². The first kappa shape index (κ1) is 19.7. The summed E-state index contributed by atoms with van der Waals surface area (Å²) in [7, 11) is 0. The Morgan fingerprint density at radius 1 is 1.00 bits per heavy atom. The van der Waals surface area contributed by atoms with Crippen LogP contribution in [0, 0.1) is 11.3 Å². The van der Waals surface area contributed by atoms with Gasteiger partial charge in [-0.3, -0.25) is 14.4 Å². The maximum absolute atomic E-state index is 12.4. The predicted molar refractivity (Wildman–Crippen MR) is 95.6 cm³/mol. The van der Waals surface area contributed by atoms with Crippen molar-refractivity contribution in [3.8, 4) is 0 Å². The Hall–Kier alpha value is -2.37. The fraction of sp³-hybridized carbons (Fsp3) is 0.500. The van der Waals surface area contributed by atoms with Gasteiger partial charge in [0.2, 0.25) is 17.7 Å². The van der Waals surface area contributed by atoms with E-state index in [4.69, 9.17) is 0 Å². The van der Waals surface area contributed by atoms with Crippen LogP contribution >= 0.6 is 0 Å². The van der Waals surface area contributed by atoms with E-state index in [9.17, 15) is 14.4 Å². The SMILES string of the molecule is CC(=O)N[C@@H](C(=O)Nc1cccc(NC(=O)C(C)(C)C)c1)C(C)C. The van der Waals surface area contributed by atoms with Gasteiger partial charge in [0, 0.05) is 23.7 Å². The fourth-order valence-corrected chi connectivity index (χ4v) is 1.97. The summed E-state index contributed by atoms with van der Waals surface area (Å²) in [4.78, 5) is 35.7. The molecule has 1 aromatic rings. The minimum absolute atomic E-state index is 0.0438. The summed E-state index contributed by atoms with van der Waals surface area (Å²) in [5, 5.41) is 8.24. The fourth-order valence-electron chi connectivity index (χ4n) is 1.97. The Kier molecular flexibility index (Phi) is 6.51. The summed E-state index contributed by atoms with van der Waals surface area (Å²) < 4.78 is 0. The van der Waals surface area contributed by atoms with Gasteiger partial charge in [0.25, 0.3) is 0 Å². The Balaban J connectivity index is 2.84. The number of benzene rings is 1. The molecule has 132 valence electrons. The van der Waals surface area contributed by atoms with Crippen LogP contribution in [0.25, 0.3) is 0 Å². The molecule has 6 nitrogen and oxygen atoms in total. The molecular formula is C18H27N3O3. The Morgan fingerprint density at radius 3 is 2.00 bits per heavy atom. The van der Waals surface area contributed by atoms with Gasteiger partial charge in [0.05, 0.1) is 0 Å². The summed E-state index contributed by atoms with van der Waals surface area (Å²) in [5.41, 5.74) is 0.656. The lowest BCUT2D eigenvalue weighted by atomic mass is 9.95. The molecule has 0 aliphatic rings. The van der Waals surface area contributed by atoms with Gasteiger partial charge in [0.15, 0.2) is 0 Å². The van der Waals surface area contributed by atoms with Crippen LogP contribution in [0.2, 0.25) is 0 Å². The van der Waals surface area contributed by atoms with Gasteiger partial charge < -0.3 is 16.0 Å². The van der Waals surface area contributed by atoms with Crippen LogP contribution in [0.5, 0.6) is 0 Å². The van der Waals surface area contributed by atoms with Crippen LogP contribution in [0.15, 0.2) is 24.3 Å². The molecule has 6 heteroatoms. The van der Waals surface area contributed by atoms with Crippen LogP contribution in [0.3, 0.4) is 0 Å². The molecule has 1 rings (SSSR count). The van der Waals surface area contributed by atoms with Gasteiger partial charge in [-0.05, 0) is 24.1 Å². The molecule has 0 bridgehead atoms. The lowest BCUT2D eigenvalue weighted by Crippen LogP contribution is -2.46. The molecular weight excluding hydrogens is 306 g/mol. The molecule has 0 spiro atoms. The van der Waals surface area contributed by atoms with E-state index in [1.807, 2.05) is 34.6 Å². The first-order chi connectivity index (χ1) is 11.0. The summed E-state index contributed by atoms with van der Waals surface area (Å²) in [6, 6.07) is 6.31. The molecule has 0 saturated heterocycles. The van der Waals surface area contributed by atoms with Gasteiger partial charge in [-0.15, -0.1) is 0 Å². The minimum atomic E-state index is -0.615. The number of amides is 3. The number of anilines is 2. The van der Waals surface area contributed by atoms with E-state index in [0.29, 0.717) is 11.4 Å². The van der Waals surface area contributed by atoms with Crippen molar-refractivity contribution in [3.63, 3.8) is 0 Å². The summed E-state index contributed by atoms with van der Waals surface area (Å²) in [5.74, 6) is -0.698. The lowest BCUT2D eigenvalue weighted by molar-refractivity contribution is -0.126. The van der Waals surface area contributed by atoms with Crippen molar-refractivity contribution in [2.45, 2.75) is 47.6 Å². The zero-order chi connectivity index (χ0) is 18.5. The van der Waals surface area contributed by atoms with Crippen molar-refractivity contribution in [1.29, 1.82) is 0 Å². The van der Waals surface area contributed by atoms with Gasteiger partial charge >= 0.3 is 0 Å². The van der Waals surface area contributed by atoms with Crippen molar-refractivity contribution in [2.24, 2.45) is 11.3 Å². The smallest absolute Gasteiger partial charge is 0.247 e. The van der Waals surface area contributed by atoms with Crippen LogP contribution in [0.1, 0.15) is 41.5 Å². The second-order valence-electron chi connectivity index (χ2n) is 7.20. The molecule has 0 saturated carbocycles. The third-order valence-corrected chi connectivity index (χ3v) is 3.38. The number of carbonyl (C=O) groups is 3. The molecule has 3 amide bonds. The van der Waals surface area contributed by atoms with Gasteiger partial charge in [-0.1, -0.05) is 40.7 Å². The molecule has 0 aromatic heterocycles. The van der Waals surface area contributed by atoms with Crippen LogP contribution in [-0.4, -0.2) is 23.8 Å². The standard InChI is InChI=1S/C18H27N3O3/c1-11(2)15(19-12(3)22)16(23)20-13-8-7-9-14(10-13)21-17(24)18(4,5)6/h7-11,15H,1-6H3,(H,19,22)(H,20,23)(H,21,24)/t15-/m1/s1. The Morgan fingerprint density at radius 2 is 1.54 bits per heavy atom. The first-order valence-electron chi connectivity index (χ1n) is 8.00. The van der Waals surface area contributed by atoms with E-state index < -0.39 is 11.5 Å². The summed E-state index contributed by atoms with van der Waals surface area (Å²) >= 11 is 0. The normalized spacial score (nSPS) is 12.5. The molecule has 0 aliphatic carbocycles. The first-order valence-corrected chi connectivity index (χ1v) is 8.00. The molecule has 0 fully saturated rings. The minimum Gasteiger partial charge on any atom is -0.344 e. The molecule has 0 heterocycles. The number of rotatable bonds is 5. The van der Waals surface area contributed by atoms with E-state index in [1.165, 1.54) is 6.92 Å². The largest absolute Gasteiger partial charge is 0.344 e. The zero-order valence-electron chi connectivity index (χ0n) is 15.2. The van der Waals surface area contributed by atoms with Crippen LogP contribution in [-0.2, 0) is 14.4 Å². The Labute approximate surface area is 143 Å². The van der Waals surface area contributed by atoms with E-state index in [1.54, 1.807) is 24.3 Å². The predicted octanol–water partition coefficient (Wildman–Crippen LogP) is 2.77. The average Bonchev–Trinajstić information content (AvgIpc) is 2.43. The van der Waals surface area contributed by atoms with Gasteiger partial charge in [-0.2, -0.15) is 0 Å². The van der Waals surface area contributed by atoms with Gasteiger partial charge in [-0.25, -0.2) is 0 Å². The quantitative estimate of drug-likeness (QED) is 0.774. The van der Waals surface area contributed by atoms with E-state index in [2.05, 4.69) is 16.0 Å². The second-order valence-corrected chi connectivity index (χ2v) is 7.20. The highest BCUT2D eigenvalue weighted by molar-refractivity contribution is 5.98. The summed E-state index contributed by atoms with van der Waals surface area (Å²) in [6.07, 6.45) is 0. The highest BCUT2D eigenvalue weighted by atomic mass is 16.2. The molecule has 1 atom stereocenters. The molecule has 3 N–H and O–H groups in total. The molecule has 0 unspecified atom stereocenters. The second kappa shape index (κ2) is 7.95. The van der Waals surface area contributed by atoms with Crippen molar-refractivity contribution in [3.05, 3.63) is 24.3 Å². The van der Waals surface area contributed by atoms with E-state index in [-0.39, 0.29) is 23.6 Å². The molecule has 0 aliphatic heterocycles. The molecule has 0 radical (unpaired) electrons. The number of carbonyl (C=O) groups excluding carboxylic acids is 3. The highest BCUT2D eigenvalue weighted by Gasteiger charge is 2.24. The van der Waals surface area contributed by atoms with Crippen molar-refractivity contribution in [2.75, 3.05) is 10.6 Å². The maximum Gasteiger partial charge on any atom is 0.247 e. The van der Waals surface area contributed by atoms with Crippen LogP contribution in [0.4, 0.5) is 11.4 Å². The molecule has 24 heavy (non-hydrogen) atoms. The maximum atomic E-state index is 12.4. The highest BCUT2D eigenvalue weighted by Crippen LogP contribution is 2.20. The number of hydrogen-bond donors (Lipinski definition) is 3. The lowest BCUT2D eigenvalue weighted by Gasteiger charge is -2.21. The number of hydrogen-bond acceptors (Lipinski definition) is 3. The van der Waals surface area contributed by atoms with Crippen molar-refractivity contribution in [1.82, 2.24) is 5.32 Å². The Bertz CT molecular complexity index is 618. The summed E-state index contributed by atoms with van der Waals surface area (Å²) in [6.45, 7) is 10.6. The average molecular weight is 333 g/mol. The topological polar surface area (TPSA) is 87.3 Å².